The van der Waals surface area contributed by atoms with Crippen LogP contribution in [0.1, 0.15) is 17.3 Å². The van der Waals surface area contributed by atoms with Gasteiger partial charge in [-0.05, 0) is 30.7 Å². The topological polar surface area (TPSA) is 116 Å². The van der Waals surface area contributed by atoms with Crippen molar-refractivity contribution in [3.8, 4) is 5.75 Å². The molecule has 0 saturated carbocycles. The average molecular weight is 371 g/mol. The van der Waals surface area contributed by atoms with E-state index in [4.69, 9.17) is 9.47 Å². The largest absolute Gasteiger partial charge is 0.545 e. The summed E-state index contributed by atoms with van der Waals surface area (Å²) >= 11 is 0. The molecule has 138 valence electrons. The number of benzene rings is 1. The summed E-state index contributed by atoms with van der Waals surface area (Å²) in [6, 6.07) is 3.50. The zero-order valence-electron chi connectivity index (χ0n) is 13.9. The van der Waals surface area contributed by atoms with Gasteiger partial charge in [-0.25, -0.2) is 13.2 Å². The van der Waals surface area contributed by atoms with Crippen LogP contribution in [0.25, 0.3) is 0 Å². The molecule has 1 amide bonds. The number of piperazine rings is 1. The molecule has 9 nitrogen and oxygen atoms in total. The van der Waals surface area contributed by atoms with E-state index in [1.54, 1.807) is 6.92 Å². The predicted molar refractivity (Wildman–Crippen MR) is 84.7 cm³/mol. The monoisotopic (exact) mass is 371 g/mol. The van der Waals surface area contributed by atoms with Gasteiger partial charge in [0.25, 0.3) is 0 Å². The first kappa shape index (κ1) is 19.0. The number of carboxylic acids is 1. The van der Waals surface area contributed by atoms with Gasteiger partial charge in [0.2, 0.25) is 10.0 Å². The standard InChI is InChI=1S/C15H20N2O7S/c1-3-24-15(20)16-6-8-17(9-7-16)25(21,22)13-10-11(14(18)19)4-5-12(13)23-2/h4-5,10H,3,6-9H2,1-2H3,(H,18,19)/p-1. The Balaban J connectivity index is 2.24. The minimum Gasteiger partial charge on any atom is -0.545 e. The van der Waals surface area contributed by atoms with Crippen molar-refractivity contribution in [1.82, 2.24) is 9.21 Å². The molecular weight excluding hydrogens is 352 g/mol. The zero-order valence-corrected chi connectivity index (χ0v) is 14.7. The van der Waals surface area contributed by atoms with Crippen LogP contribution in [-0.4, -0.2) is 69.6 Å². The summed E-state index contributed by atoms with van der Waals surface area (Å²) in [7, 11) is -2.69. The first-order chi connectivity index (χ1) is 11.8. The first-order valence-electron chi connectivity index (χ1n) is 7.62. The molecule has 0 aromatic heterocycles. The fourth-order valence-electron chi connectivity index (χ4n) is 2.47. The number of nitrogens with zero attached hydrogens (tertiary/aromatic N) is 2. The van der Waals surface area contributed by atoms with Crippen molar-refractivity contribution in [2.75, 3.05) is 39.9 Å². The number of carboxylic acid groups (broad SMARTS) is 1. The highest BCUT2D eigenvalue weighted by Gasteiger charge is 2.32. The van der Waals surface area contributed by atoms with Crippen LogP contribution < -0.4 is 9.84 Å². The molecule has 1 heterocycles. The van der Waals surface area contributed by atoms with Gasteiger partial charge in [-0.2, -0.15) is 4.31 Å². The van der Waals surface area contributed by atoms with Crippen LogP contribution in [0, 0.1) is 0 Å². The Bertz CT molecular complexity index is 755. The summed E-state index contributed by atoms with van der Waals surface area (Å²) in [5.41, 5.74) is -0.260. The van der Waals surface area contributed by atoms with E-state index in [9.17, 15) is 23.1 Å². The smallest absolute Gasteiger partial charge is 0.409 e. The molecule has 2 rings (SSSR count). The molecule has 0 radical (unpaired) electrons. The number of aromatic carboxylic acids is 1. The normalized spacial score (nSPS) is 15.7. The Morgan fingerprint density at radius 3 is 2.36 bits per heavy atom. The molecule has 0 bridgehead atoms. The fraction of sp³-hybridized carbons (Fsp3) is 0.467. The third-order valence-corrected chi connectivity index (χ3v) is 5.70. The number of hydrogen-bond donors (Lipinski definition) is 0. The second-order valence-corrected chi connectivity index (χ2v) is 7.15. The summed E-state index contributed by atoms with van der Waals surface area (Å²) in [4.78, 5) is 23.9. The average Bonchev–Trinajstić information content (AvgIpc) is 2.61. The van der Waals surface area contributed by atoms with Crippen LogP contribution in [-0.2, 0) is 14.8 Å². The minimum absolute atomic E-state index is 0.0397. The van der Waals surface area contributed by atoms with Crippen LogP contribution >= 0.6 is 0 Å². The predicted octanol–water partition coefficient (Wildman–Crippen LogP) is -0.478. The van der Waals surface area contributed by atoms with E-state index >= 15 is 0 Å². The lowest BCUT2D eigenvalue weighted by atomic mass is 10.2. The van der Waals surface area contributed by atoms with Gasteiger partial charge in [-0.15, -0.1) is 0 Å². The number of methoxy groups -OCH3 is 1. The molecule has 0 atom stereocenters. The maximum Gasteiger partial charge on any atom is 0.409 e. The third kappa shape index (κ3) is 4.02. The Morgan fingerprint density at radius 2 is 1.84 bits per heavy atom. The molecule has 10 heteroatoms. The first-order valence-corrected chi connectivity index (χ1v) is 9.06. The number of carbonyl (C=O) groups excluding carboxylic acids is 2. The minimum atomic E-state index is -3.98. The van der Waals surface area contributed by atoms with Crippen LogP contribution in [0.5, 0.6) is 5.75 Å². The van der Waals surface area contributed by atoms with Gasteiger partial charge in [0, 0.05) is 26.2 Å². The van der Waals surface area contributed by atoms with E-state index in [-0.39, 0.29) is 49.0 Å². The van der Waals surface area contributed by atoms with Crippen LogP contribution in [0.4, 0.5) is 4.79 Å². The molecule has 1 aromatic carbocycles. The number of sulfonamides is 1. The Hall–Kier alpha value is -2.33. The quantitative estimate of drug-likeness (QED) is 0.686. The lowest BCUT2D eigenvalue weighted by Crippen LogP contribution is -2.50. The highest BCUT2D eigenvalue weighted by atomic mass is 32.2. The molecule has 1 aliphatic rings. The molecule has 1 saturated heterocycles. The van der Waals surface area contributed by atoms with Crippen LogP contribution in [0.2, 0.25) is 0 Å². The van der Waals surface area contributed by atoms with Crippen molar-refractivity contribution in [2.45, 2.75) is 11.8 Å². The molecule has 0 spiro atoms. The van der Waals surface area contributed by atoms with Crippen molar-refractivity contribution in [1.29, 1.82) is 0 Å². The van der Waals surface area contributed by atoms with E-state index in [2.05, 4.69) is 0 Å². The number of hydrogen-bond acceptors (Lipinski definition) is 7. The summed E-state index contributed by atoms with van der Waals surface area (Å²) in [5, 5.41) is 11.0. The van der Waals surface area contributed by atoms with Crippen molar-refractivity contribution in [3.05, 3.63) is 23.8 Å². The van der Waals surface area contributed by atoms with Gasteiger partial charge in [0.15, 0.2) is 0 Å². The van der Waals surface area contributed by atoms with E-state index in [0.717, 1.165) is 6.07 Å². The zero-order chi connectivity index (χ0) is 18.6. The summed E-state index contributed by atoms with van der Waals surface area (Å²) < 4.78 is 36.8. The number of ether oxygens (including phenoxy) is 2. The highest BCUT2D eigenvalue weighted by molar-refractivity contribution is 7.89. The van der Waals surface area contributed by atoms with Gasteiger partial charge in [-0.3, -0.25) is 0 Å². The molecule has 1 fully saturated rings. The molecule has 25 heavy (non-hydrogen) atoms. The van der Waals surface area contributed by atoms with E-state index in [1.165, 1.54) is 28.4 Å². The molecule has 0 aliphatic carbocycles. The van der Waals surface area contributed by atoms with Gasteiger partial charge in [0.05, 0.1) is 19.7 Å². The second-order valence-electron chi connectivity index (χ2n) is 5.24. The molecule has 1 aromatic rings. The molecule has 0 N–H and O–H groups in total. The van der Waals surface area contributed by atoms with E-state index < -0.39 is 22.1 Å². The molecule has 0 unspecified atom stereocenters. The lowest BCUT2D eigenvalue weighted by Gasteiger charge is -2.33. The Kier molecular flexibility index (Phi) is 5.85. The Labute approximate surface area is 145 Å². The lowest BCUT2D eigenvalue weighted by molar-refractivity contribution is -0.255. The van der Waals surface area contributed by atoms with Crippen molar-refractivity contribution >= 4 is 22.1 Å². The van der Waals surface area contributed by atoms with Crippen LogP contribution in [0.15, 0.2) is 23.1 Å². The van der Waals surface area contributed by atoms with Crippen LogP contribution in [0.3, 0.4) is 0 Å². The maximum absolute atomic E-state index is 12.8. The SMILES string of the molecule is CCOC(=O)N1CCN(S(=O)(=O)c2cc(C(=O)[O-])ccc2OC)CC1. The molecular formula is C15H19N2O7S-. The van der Waals surface area contributed by atoms with Gasteiger partial charge in [0.1, 0.15) is 10.6 Å². The van der Waals surface area contributed by atoms with Gasteiger partial charge >= 0.3 is 6.09 Å². The van der Waals surface area contributed by atoms with Gasteiger partial charge in [-0.1, -0.05) is 0 Å². The maximum atomic E-state index is 12.8. The Morgan fingerprint density at radius 1 is 1.20 bits per heavy atom. The number of rotatable bonds is 5. The van der Waals surface area contributed by atoms with Crippen molar-refractivity contribution < 1.29 is 32.6 Å². The van der Waals surface area contributed by atoms with E-state index in [1.807, 2.05) is 0 Å². The molecule has 1 aliphatic heterocycles. The van der Waals surface area contributed by atoms with Crippen molar-refractivity contribution in [3.63, 3.8) is 0 Å². The van der Waals surface area contributed by atoms with E-state index in [0.29, 0.717) is 0 Å². The summed E-state index contributed by atoms with van der Waals surface area (Å²) in [5.74, 6) is -1.44. The third-order valence-electron chi connectivity index (χ3n) is 3.78. The summed E-state index contributed by atoms with van der Waals surface area (Å²) in [6.45, 7) is 2.43. The number of amides is 1. The van der Waals surface area contributed by atoms with Gasteiger partial charge < -0.3 is 24.3 Å². The fourth-order valence-corrected chi connectivity index (χ4v) is 4.07. The second kappa shape index (κ2) is 7.70. The summed E-state index contributed by atoms with van der Waals surface area (Å²) in [6.07, 6.45) is -0.490. The number of carbonyl (C=O) groups is 2. The highest BCUT2D eigenvalue weighted by Crippen LogP contribution is 2.28. The van der Waals surface area contributed by atoms with Crippen molar-refractivity contribution in [2.24, 2.45) is 0 Å².